The van der Waals surface area contributed by atoms with E-state index in [1.54, 1.807) is 61.3 Å². The molecule has 3 aromatic rings. The lowest BCUT2D eigenvalue weighted by Crippen LogP contribution is -2.31. The van der Waals surface area contributed by atoms with Gasteiger partial charge in [0.05, 0.1) is 24.0 Å². The molecule has 170 valence electrons. The fourth-order valence-corrected chi connectivity index (χ4v) is 3.96. The van der Waals surface area contributed by atoms with Crippen LogP contribution >= 0.6 is 0 Å². The molecule has 8 nitrogen and oxygen atoms in total. The molecule has 1 N–H and O–H groups in total. The Hall–Kier alpha value is -3.94. The first-order valence-electron chi connectivity index (χ1n) is 10.9. The molecule has 0 unspecified atom stereocenters. The van der Waals surface area contributed by atoms with Crippen molar-refractivity contribution in [2.75, 3.05) is 6.54 Å². The number of Topliss-reactive ketones (excluding diaryl/α,β-unsaturated/α-hetero) is 1. The molecular weight excluding hydrogens is 420 g/mol. The average molecular weight is 447 g/mol. The van der Waals surface area contributed by atoms with Crippen molar-refractivity contribution in [3.63, 3.8) is 0 Å². The molecule has 1 saturated heterocycles. The van der Waals surface area contributed by atoms with Crippen molar-refractivity contribution in [2.24, 2.45) is 0 Å². The number of carbonyl (C=O) groups is 2. The predicted molar refractivity (Wildman–Crippen MR) is 122 cm³/mol. The Labute approximate surface area is 192 Å². The number of aliphatic hydroxyl groups is 1. The second kappa shape index (κ2) is 9.68. The van der Waals surface area contributed by atoms with E-state index in [-0.39, 0.29) is 17.4 Å². The van der Waals surface area contributed by atoms with E-state index in [1.165, 1.54) is 4.90 Å². The minimum atomic E-state index is -0.715. The normalized spacial score (nSPS) is 17.7. The molecule has 1 atom stereocenters. The molecule has 3 heterocycles. The van der Waals surface area contributed by atoms with Gasteiger partial charge < -0.3 is 19.3 Å². The van der Waals surface area contributed by atoms with E-state index < -0.39 is 17.7 Å². The number of hydrogen-bond donors (Lipinski definition) is 1. The van der Waals surface area contributed by atoms with Crippen LogP contribution in [0.1, 0.15) is 37.4 Å². The topological polar surface area (TPSA) is 97.6 Å². The number of imidazole rings is 1. The number of hydrogen-bond acceptors (Lipinski definition) is 6. The van der Waals surface area contributed by atoms with Crippen molar-refractivity contribution in [2.45, 2.75) is 39.0 Å². The summed E-state index contributed by atoms with van der Waals surface area (Å²) >= 11 is 0. The van der Waals surface area contributed by atoms with Crippen molar-refractivity contribution in [3.8, 4) is 5.75 Å². The van der Waals surface area contributed by atoms with Crippen LogP contribution in [-0.4, -0.2) is 48.9 Å². The summed E-state index contributed by atoms with van der Waals surface area (Å²) in [5.74, 6) is -0.886. The van der Waals surface area contributed by atoms with Gasteiger partial charge in [-0.3, -0.25) is 14.6 Å². The number of ether oxygens (including phenoxy) is 1. The Morgan fingerprint density at radius 1 is 1.09 bits per heavy atom. The van der Waals surface area contributed by atoms with Crippen LogP contribution < -0.4 is 4.74 Å². The smallest absolute Gasteiger partial charge is 0.295 e. The van der Waals surface area contributed by atoms with Gasteiger partial charge in [-0.2, -0.15) is 0 Å². The molecule has 1 fully saturated rings. The third kappa shape index (κ3) is 4.79. The maximum Gasteiger partial charge on any atom is 0.295 e. The van der Waals surface area contributed by atoms with Crippen molar-refractivity contribution in [1.82, 2.24) is 19.4 Å². The van der Waals surface area contributed by atoms with Crippen LogP contribution in [0.2, 0.25) is 0 Å². The molecule has 1 aromatic carbocycles. The molecule has 0 bridgehead atoms. The summed E-state index contributed by atoms with van der Waals surface area (Å²) < 4.78 is 7.57. The van der Waals surface area contributed by atoms with Gasteiger partial charge in [0, 0.05) is 43.4 Å². The van der Waals surface area contributed by atoms with Crippen LogP contribution in [0.3, 0.4) is 0 Å². The number of pyridine rings is 1. The highest BCUT2D eigenvalue weighted by Crippen LogP contribution is 2.39. The van der Waals surface area contributed by atoms with E-state index in [9.17, 15) is 14.7 Å². The third-order valence-corrected chi connectivity index (χ3v) is 5.41. The first-order chi connectivity index (χ1) is 16.0. The van der Waals surface area contributed by atoms with E-state index in [4.69, 9.17) is 4.74 Å². The Bertz CT molecular complexity index is 1140. The molecule has 0 spiro atoms. The minimum Gasteiger partial charge on any atom is -0.507 e. The molecule has 0 radical (unpaired) electrons. The minimum absolute atomic E-state index is 0.0164. The number of aromatic nitrogens is 3. The lowest BCUT2D eigenvalue weighted by molar-refractivity contribution is -0.139. The number of benzene rings is 1. The summed E-state index contributed by atoms with van der Waals surface area (Å²) in [6.45, 7) is 4.85. The van der Waals surface area contributed by atoms with E-state index in [0.29, 0.717) is 36.4 Å². The van der Waals surface area contributed by atoms with Crippen molar-refractivity contribution in [1.29, 1.82) is 0 Å². The van der Waals surface area contributed by atoms with Gasteiger partial charge in [0.15, 0.2) is 0 Å². The van der Waals surface area contributed by atoms with Crippen LogP contribution in [-0.2, 0) is 16.1 Å². The van der Waals surface area contributed by atoms with Gasteiger partial charge in [0.1, 0.15) is 11.5 Å². The zero-order valence-corrected chi connectivity index (χ0v) is 18.6. The highest BCUT2D eigenvalue weighted by atomic mass is 16.5. The Morgan fingerprint density at radius 2 is 1.88 bits per heavy atom. The molecule has 1 aliphatic rings. The molecule has 0 saturated carbocycles. The molecule has 33 heavy (non-hydrogen) atoms. The van der Waals surface area contributed by atoms with E-state index in [2.05, 4.69) is 9.97 Å². The molecule has 0 aliphatic carbocycles. The molecule has 2 aromatic heterocycles. The summed E-state index contributed by atoms with van der Waals surface area (Å²) in [6.07, 6.45) is 9.14. The lowest BCUT2D eigenvalue weighted by atomic mass is 9.96. The summed E-state index contributed by atoms with van der Waals surface area (Å²) in [6, 6.07) is 9.66. The largest absolute Gasteiger partial charge is 0.507 e. The molecule has 1 aliphatic heterocycles. The fraction of sp³-hybridized carbons (Fsp3) is 0.280. The number of likely N-dealkylation sites (tertiary alicyclic amines) is 1. The van der Waals surface area contributed by atoms with Crippen LogP contribution in [0, 0.1) is 0 Å². The number of aryl methyl sites for hydroxylation is 1. The Morgan fingerprint density at radius 3 is 2.52 bits per heavy atom. The van der Waals surface area contributed by atoms with Crippen LogP contribution in [0.15, 0.2) is 73.1 Å². The first-order valence-corrected chi connectivity index (χ1v) is 10.9. The van der Waals surface area contributed by atoms with Gasteiger partial charge in [-0.05, 0) is 56.2 Å². The van der Waals surface area contributed by atoms with Crippen LogP contribution in [0.25, 0.3) is 5.76 Å². The number of ketones is 1. The summed E-state index contributed by atoms with van der Waals surface area (Å²) in [7, 11) is 0. The van der Waals surface area contributed by atoms with Gasteiger partial charge in [0.2, 0.25) is 0 Å². The summed E-state index contributed by atoms with van der Waals surface area (Å²) in [5.41, 5.74) is 1.17. The maximum absolute atomic E-state index is 13.0. The van der Waals surface area contributed by atoms with Crippen LogP contribution in [0.5, 0.6) is 5.75 Å². The SMILES string of the molecule is CC(C)Oc1ccc(/C(O)=C2\C(=O)C(=O)N(CCCn3ccnc3)[C@@H]2c2cccnc2)cc1. The number of aliphatic hydroxyl groups excluding tert-OH is 1. The number of carbonyl (C=O) groups excluding carboxylic acids is 2. The number of rotatable bonds is 8. The van der Waals surface area contributed by atoms with Gasteiger partial charge in [-0.25, -0.2) is 4.98 Å². The van der Waals surface area contributed by atoms with Crippen molar-refractivity contribution in [3.05, 3.63) is 84.2 Å². The monoisotopic (exact) mass is 446 g/mol. The summed E-state index contributed by atoms with van der Waals surface area (Å²) in [5, 5.41) is 11.1. The highest BCUT2D eigenvalue weighted by molar-refractivity contribution is 6.46. The number of amides is 1. The highest BCUT2D eigenvalue weighted by Gasteiger charge is 2.45. The van der Waals surface area contributed by atoms with E-state index in [0.717, 1.165) is 0 Å². The van der Waals surface area contributed by atoms with Crippen molar-refractivity contribution < 1.29 is 19.4 Å². The van der Waals surface area contributed by atoms with E-state index in [1.807, 2.05) is 24.6 Å². The predicted octanol–water partition coefficient (Wildman–Crippen LogP) is 3.58. The van der Waals surface area contributed by atoms with Gasteiger partial charge in [-0.1, -0.05) is 6.07 Å². The van der Waals surface area contributed by atoms with E-state index >= 15 is 0 Å². The Kier molecular flexibility index (Phi) is 6.53. The molecule has 1 amide bonds. The second-order valence-corrected chi connectivity index (χ2v) is 8.12. The maximum atomic E-state index is 13.0. The second-order valence-electron chi connectivity index (χ2n) is 8.12. The zero-order valence-electron chi connectivity index (χ0n) is 18.6. The zero-order chi connectivity index (χ0) is 23.4. The average Bonchev–Trinajstić information content (AvgIpc) is 3.41. The van der Waals surface area contributed by atoms with Crippen LogP contribution in [0.4, 0.5) is 0 Å². The summed E-state index contributed by atoms with van der Waals surface area (Å²) in [4.78, 5) is 35.7. The fourth-order valence-electron chi connectivity index (χ4n) is 3.96. The Balaban J connectivity index is 1.67. The number of nitrogens with zero attached hydrogens (tertiary/aromatic N) is 4. The molecule has 8 heteroatoms. The third-order valence-electron chi connectivity index (χ3n) is 5.41. The first kappa shape index (κ1) is 22.3. The quantitative estimate of drug-likeness (QED) is 0.323. The van der Waals surface area contributed by atoms with Crippen molar-refractivity contribution >= 4 is 17.4 Å². The molecular formula is C25H26N4O4. The van der Waals surface area contributed by atoms with Gasteiger partial charge in [0.25, 0.3) is 11.7 Å². The van der Waals surface area contributed by atoms with Gasteiger partial charge in [-0.15, -0.1) is 0 Å². The molecule has 4 rings (SSSR count). The standard InChI is InChI=1S/C25H26N4O4/c1-17(2)33-20-8-6-18(7-9-20)23(30)21-22(19-5-3-10-26-15-19)29(25(32)24(21)31)13-4-12-28-14-11-27-16-28/h3,5-11,14-17,22,30H,4,12-13H2,1-2H3/b23-21+/t22-/m1/s1. The lowest BCUT2D eigenvalue weighted by Gasteiger charge is -2.25. The van der Waals surface area contributed by atoms with Gasteiger partial charge >= 0.3 is 0 Å².